The van der Waals surface area contributed by atoms with Crippen molar-refractivity contribution in [3.8, 4) is 0 Å². The van der Waals surface area contributed by atoms with E-state index in [4.69, 9.17) is 5.73 Å². The van der Waals surface area contributed by atoms with Crippen LogP contribution < -0.4 is 10.6 Å². The zero-order valence-electron chi connectivity index (χ0n) is 15.9. The van der Waals surface area contributed by atoms with E-state index >= 15 is 0 Å². The van der Waals surface area contributed by atoms with Crippen molar-refractivity contribution in [3.63, 3.8) is 0 Å². The number of aryl methyl sites for hydroxylation is 1. The highest BCUT2D eigenvalue weighted by molar-refractivity contribution is 6.00. The number of rotatable bonds is 6. The van der Waals surface area contributed by atoms with Crippen LogP contribution in [0.2, 0.25) is 0 Å². The molecule has 0 spiro atoms. The lowest BCUT2D eigenvalue weighted by Crippen LogP contribution is -2.26. The smallest absolute Gasteiger partial charge is 0.305 e. The Morgan fingerprint density at radius 1 is 1.19 bits per heavy atom. The first-order valence-corrected chi connectivity index (χ1v) is 9.32. The van der Waals surface area contributed by atoms with E-state index in [1.807, 2.05) is 60.4 Å². The largest absolute Gasteiger partial charge is 0.469 e. The van der Waals surface area contributed by atoms with Gasteiger partial charge < -0.3 is 15.4 Å². The van der Waals surface area contributed by atoms with Crippen molar-refractivity contribution >= 4 is 17.6 Å². The molecule has 2 aromatic rings. The highest BCUT2D eigenvalue weighted by atomic mass is 16.5. The second-order valence-electron chi connectivity index (χ2n) is 7.03. The Hall–Kier alpha value is -2.66. The monoisotopic (exact) mass is 366 g/mol. The minimum atomic E-state index is -0.212. The van der Waals surface area contributed by atoms with E-state index < -0.39 is 0 Å². The Bertz CT molecular complexity index is 797. The van der Waals surface area contributed by atoms with Crippen molar-refractivity contribution in [2.45, 2.75) is 38.1 Å². The number of hydrogen-bond donors (Lipinski definition) is 1. The maximum Gasteiger partial charge on any atom is 0.305 e. The molecule has 0 radical (unpaired) electrons. The fourth-order valence-electron chi connectivity index (χ4n) is 3.47. The summed E-state index contributed by atoms with van der Waals surface area (Å²) in [5.41, 5.74) is 9.96. The van der Waals surface area contributed by atoms with E-state index in [2.05, 4.69) is 4.74 Å². The van der Waals surface area contributed by atoms with Gasteiger partial charge in [-0.25, -0.2) is 0 Å². The molecule has 2 aromatic carbocycles. The van der Waals surface area contributed by atoms with E-state index in [-0.39, 0.29) is 23.8 Å². The van der Waals surface area contributed by atoms with Gasteiger partial charge in [-0.3, -0.25) is 9.59 Å². The van der Waals surface area contributed by atoms with Gasteiger partial charge in [-0.2, -0.15) is 0 Å². The normalized spacial score (nSPS) is 17.8. The summed E-state index contributed by atoms with van der Waals surface area (Å²) in [5.74, 6) is -0.200. The average molecular weight is 366 g/mol. The molecule has 27 heavy (non-hydrogen) atoms. The number of benzene rings is 2. The molecule has 0 saturated carbocycles. The molecule has 3 rings (SSSR count). The predicted octanol–water partition coefficient (Wildman–Crippen LogP) is 3.33. The number of hydrogen-bond acceptors (Lipinski definition) is 4. The van der Waals surface area contributed by atoms with Gasteiger partial charge in [0.2, 0.25) is 5.91 Å². The summed E-state index contributed by atoms with van der Waals surface area (Å²) in [6, 6.07) is 15.9. The lowest BCUT2D eigenvalue weighted by Gasteiger charge is -2.18. The fourth-order valence-corrected chi connectivity index (χ4v) is 3.47. The van der Waals surface area contributed by atoms with Crippen LogP contribution in [-0.2, 0) is 20.7 Å². The van der Waals surface area contributed by atoms with E-state index in [1.54, 1.807) is 0 Å². The van der Waals surface area contributed by atoms with Crippen LogP contribution in [0.3, 0.4) is 0 Å². The number of carbonyl (C=O) groups excluding carboxylic acids is 2. The molecule has 142 valence electrons. The molecule has 2 N–H and O–H groups in total. The molecule has 1 aliphatic rings. The van der Waals surface area contributed by atoms with Crippen LogP contribution in [-0.4, -0.2) is 25.5 Å². The third-order valence-electron chi connectivity index (χ3n) is 5.16. The Kier molecular flexibility index (Phi) is 5.91. The van der Waals surface area contributed by atoms with Gasteiger partial charge in [-0.05, 0) is 48.6 Å². The summed E-state index contributed by atoms with van der Waals surface area (Å²) in [5, 5.41) is 0. The summed E-state index contributed by atoms with van der Waals surface area (Å²) in [6.07, 6.45) is 1.81. The van der Waals surface area contributed by atoms with Crippen LogP contribution in [0.5, 0.6) is 0 Å². The summed E-state index contributed by atoms with van der Waals surface area (Å²) >= 11 is 0. The summed E-state index contributed by atoms with van der Waals surface area (Å²) in [7, 11) is 1.40. The molecule has 5 heteroatoms. The van der Waals surface area contributed by atoms with Crippen molar-refractivity contribution in [1.82, 2.24) is 0 Å². The van der Waals surface area contributed by atoms with Crippen LogP contribution in [0, 0.1) is 0 Å². The molecule has 2 atom stereocenters. The van der Waals surface area contributed by atoms with Crippen molar-refractivity contribution in [3.05, 3.63) is 65.2 Å². The van der Waals surface area contributed by atoms with Crippen LogP contribution in [0.15, 0.2) is 48.5 Å². The minimum absolute atomic E-state index is 0.0150. The van der Waals surface area contributed by atoms with E-state index in [9.17, 15) is 9.59 Å². The number of amides is 1. The molecule has 0 aromatic heterocycles. The maximum atomic E-state index is 12.9. The molecule has 1 aliphatic heterocycles. The molecule has 1 saturated heterocycles. The summed E-state index contributed by atoms with van der Waals surface area (Å²) in [4.78, 5) is 26.0. The fraction of sp³-hybridized carbons (Fsp3) is 0.364. The third kappa shape index (κ3) is 4.37. The van der Waals surface area contributed by atoms with Gasteiger partial charge in [0.15, 0.2) is 0 Å². The van der Waals surface area contributed by atoms with E-state index in [0.29, 0.717) is 19.4 Å². The SMILES string of the molecule is COC(=O)CCc1ccc(C2CCN(c3ccc(C(C)N)cc3)C2=O)cc1. The number of carbonyl (C=O) groups is 2. The van der Waals surface area contributed by atoms with Crippen molar-refractivity contribution in [1.29, 1.82) is 0 Å². The molecule has 1 amide bonds. The predicted molar refractivity (Wildman–Crippen MR) is 106 cm³/mol. The first-order valence-electron chi connectivity index (χ1n) is 9.32. The maximum absolute atomic E-state index is 12.9. The molecule has 2 unspecified atom stereocenters. The number of ether oxygens (including phenoxy) is 1. The first-order chi connectivity index (χ1) is 13.0. The number of esters is 1. The lowest BCUT2D eigenvalue weighted by molar-refractivity contribution is -0.140. The molecule has 1 fully saturated rings. The highest BCUT2D eigenvalue weighted by Gasteiger charge is 2.33. The number of methoxy groups -OCH3 is 1. The highest BCUT2D eigenvalue weighted by Crippen LogP contribution is 2.32. The summed E-state index contributed by atoms with van der Waals surface area (Å²) < 4.78 is 4.67. The van der Waals surface area contributed by atoms with Gasteiger partial charge in [0.1, 0.15) is 0 Å². The zero-order chi connectivity index (χ0) is 19.4. The first kappa shape index (κ1) is 19.1. The van der Waals surface area contributed by atoms with Crippen molar-refractivity contribution in [2.24, 2.45) is 5.73 Å². The van der Waals surface area contributed by atoms with Gasteiger partial charge in [0, 0.05) is 24.7 Å². The number of nitrogens with zero attached hydrogens (tertiary/aromatic N) is 1. The molecular weight excluding hydrogens is 340 g/mol. The Morgan fingerprint density at radius 2 is 1.85 bits per heavy atom. The Labute approximate surface area is 160 Å². The zero-order valence-corrected chi connectivity index (χ0v) is 15.9. The van der Waals surface area contributed by atoms with Gasteiger partial charge in [0.05, 0.1) is 13.0 Å². The van der Waals surface area contributed by atoms with Crippen LogP contribution in [0.1, 0.15) is 48.4 Å². The van der Waals surface area contributed by atoms with Crippen molar-refractivity contribution < 1.29 is 14.3 Å². The molecule has 1 heterocycles. The van der Waals surface area contributed by atoms with Gasteiger partial charge in [0.25, 0.3) is 0 Å². The lowest BCUT2D eigenvalue weighted by atomic mass is 9.96. The second kappa shape index (κ2) is 8.35. The third-order valence-corrected chi connectivity index (χ3v) is 5.16. The van der Waals surface area contributed by atoms with Crippen LogP contribution in [0.4, 0.5) is 5.69 Å². The number of anilines is 1. The van der Waals surface area contributed by atoms with Gasteiger partial charge in [-0.1, -0.05) is 36.4 Å². The Morgan fingerprint density at radius 3 is 2.44 bits per heavy atom. The standard InChI is InChI=1S/C22H26N2O3/c1-15(23)17-8-10-19(11-9-17)24-14-13-20(22(24)26)18-6-3-16(4-7-18)5-12-21(25)27-2/h3-4,6-11,15,20H,5,12-14,23H2,1-2H3. The van der Waals surface area contributed by atoms with Gasteiger partial charge in [-0.15, -0.1) is 0 Å². The minimum Gasteiger partial charge on any atom is -0.469 e. The van der Waals surface area contributed by atoms with Gasteiger partial charge >= 0.3 is 5.97 Å². The molecule has 0 aliphatic carbocycles. The van der Waals surface area contributed by atoms with Crippen LogP contribution >= 0.6 is 0 Å². The Balaban J connectivity index is 1.66. The average Bonchev–Trinajstić information content (AvgIpc) is 3.08. The molecular formula is C22H26N2O3. The van der Waals surface area contributed by atoms with Crippen molar-refractivity contribution in [2.75, 3.05) is 18.6 Å². The van der Waals surface area contributed by atoms with E-state index in [0.717, 1.165) is 28.8 Å². The topological polar surface area (TPSA) is 72.6 Å². The quantitative estimate of drug-likeness (QED) is 0.796. The summed E-state index contributed by atoms with van der Waals surface area (Å²) in [6.45, 7) is 2.66. The molecule has 0 bridgehead atoms. The van der Waals surface area contributed by atoms with Crippen LogP contribution in [0.25, 0.3) is 0 Å². The second-order valence-corrected chi connectivity index (χ2v) is 7.03. The molecule has 5 nitrogen and oxygen atoms in total. The number of nitrogens with two attached hydrogens (primary N) is 1. The van der Waals surface area contributed by atoms with E-state index in [1.165, 1.54) is 7.11 Å².